The van der Waals surface area contributed by atoms with Crippen LogP contribution >= 0.6 is 0 Å². The number of rotatable bonds is 3. The van der Waals surface area contributed by atoms with Gasteiger partial charge in [0.1, 0.15) is 0 Å². The predicted molar refractivity (Wildman–Crippen MR) is 94.1 cm³/mol. The van der Waals surface area contributed by atoms with Crippen molar-refractivity contribution >= 4 is 10.6 Å². The monoisotopic (exact) mass is 353 g/mol. The lowest BCUT2D eigenvalue weighted by atomic mass is 10.0. The van der Waals surface area contributed by atoms with Gasteiger partial charge in [0, 0.05) is 13.2 Å². The van der Waals surface area contributed by atoms with Crippen LogP contribution in [0.4, 0.5) is 0 Å². The van der Waals surface area contributed by atoms with Crippen LogP contribution in [-0.2, 0) is 10.6 Å². The van der Waals surface area contributed by atoms with Gasteiger partial charge in [-0.3, -0.25) is 0 Å². The Morgan fingerprint density at radius 3 is 2.52 bits per heavy atom. The van der Waals surface area contributed by atoms with Crippen LogP contribution in [-0.4, -0.2) is 31.1 Å². The van der Waals surface area contributed by atoms with Crippen molar-refractivity contribution in [1.82, 2.24) is 14.8 Å². The van der Waals surface area contributed by atoms with E-state index < -0.39 is 10.6 Å². The average molecular weight is 353 g/mol. The maximum absolute atomic E-state index is 11.7. The number of aromatic hydroxyl groups is 1. The molecule has 0 amide bonds. The molecule has 0 radical (unpaired) electrons. The highest BCUT2D eigenvalue weighted by atomic mass is 32.2. The Labute approximate surface area is 146 Å². The van der Waals surface area contributed by atoms with E-state index in [9.17, 15) is 9.32 Å². The Morgan fingerprint density at radius 2 is 1.96 bits per heavy atom. The minimum atomic E-state index is -1.81. The first-order valence-corrected chi connectivity index (χ1v) is 8.59. The molecule has 2 heterocycles. The third kappa shape index (κ3) is 3.09. The second-order valence-electron chi connectivity index (χ2n) is 5.23. The molecule has 7 nitrogen and oxygen atoms in total. The van der Waals surface area contributed by atoms with Crippen molar-refractivity contribution in [2.24, 2.45) is 4.36 Å². The van der Waals surface area contributed by atoms with Crippen molar-refractivity contribution in [3.63, 3.8) is 0 Å². The molecular weight excluding hydrogens is 338 g/mol. The summed E-state index contributed by atoms with van der Waals surface area (Å²) in [5.74, 6) is 0.357. The Balaban J connectivity index is 2.05. The number of nitriles is 1. The normalized spacial score (nSPS) is 12.0. The zero-order valence-electron chi connectivity index (χ0n) is 13.6. The van der Waals surface area contributed by atoms with Crippen LogP contribution in [0.1, 0.15) is 11.3 Å². The lowest BCUT2D eigenvalue weighted by Gasteiger charge is -2.04. The number of nitrogens with zero attached hydrogens (tertiary/aromatic N) is 5. The van der Waals surface area contributed by atoms with E-state index in [0.717, 1.165) is 5.56 Å². The van der Waals surface area contributed by atoms with Gasteiger partial charge >= 0.3 is 0 Å². The van der Waals surface area contributed by atoms with Crippen molar-refractivity contribution in [2.45, 2.75) is 11.8 Å². The number of hydrogen-bond acceptors (Lipinski definition) is 6. The summed E-state index contributed by atoms with van der Waals surface area (Å²) in [6.45, 7) is 1.78. The number of aromatic nitrogens is 3. The van der Waals surface area contributed by atoms with Crippen LogP contribution < -0.4 is 0 Å². The molecule has 1 unspecified atom stereocenters. The van der Waals surface area contributed by atoms with Crippen molar-refractivity contribution in [1.29, 1.82) is 5.26 Å². The fourth-order valence-electron chi connectivity index (χ4n) is 2.46. The zero-order chi connectivity index (χ0) is 18.0. The minimum absolute atomic E-state index is 0.0491. The van der Waals surface area contributed by atoms with Gasteiger partial charge in [-0.25, -0.2) is 13.6 Å². The third-order valence-corrected chi connectivity index (χ3v) is 4.76. The van der Waals surface area contributed by atoms with Gasteiger partial charge in [0.05, 0.1) is 38.4 Å². The summed E-state index contributed by atoms with van der Waals surface area (Å²) in [6, 6.07) is 12.2. The summed E-state index contributed by atoms with van der Waals surface area (Å²) in [6.07, 6.45) is 1.46. The lowest BCUT2D eigenvalue weighted by Crippen LogP contribution is -1.99. The van der Waals surface area contributed by atoms with Gasteiger partial charge < -0.3 is 5.11 Å². The molecule has 1 atom stereocenters. The molecule has 0 saturated heterocycles. The van der Waals surface area contributed by atoms with Gasteiger partial charge in [0.15, 0.2) is 5.82 Å². The summed E-state index contributed by atoms with van der Waals surface area (Å²) in [7, 11) is -0.325. The summed E-state index contributed by atoms with van der Waals surface area (Å²) in [4.78, 5) is 4.72. The second kappa shape index (κ2) is 6.75. The fourth-order valence-corrected chi connectivity index (χ4v) is 3.05. The SMILES string of the molecule is C/N=[SH](=O)/c1ccc(-n2nc(C)c(-c3ccc(C#N)cc3)c2O)nc1. The summed E-state index contributed by atoms with van der Waals surface area (Å²) >= 11 is 0. The maximum atomic E-state index is 11.7. The van der Waals surface area contributed by atoms with E-state index in [4.69, 9.17) is 5.26 Å². The molecule has 0 bridgehead atoms. The standard InChI is InChI=1S/C17H15N5O2S/c1-11-16(13-5-3-12(9-18)4-6-13)17(23)22(21-11)15-8-7-14(10-20-15)25(24)19-2/h3-8,10,23,25H,1-2H3. The number of pyridine rings is 1. The molecule has 126 valence electrons. The van der Waals surface area contributed by atoms with Crippen LogP contribution in [0.15, 0.2) is 51.9 Å². The molecule has 0 spiro atoms. The highest BCUT2D eigenvalue weighted by Crippen LogP contribution is 2.33. The van der Waals surface area contributed by atoms with Crippen LogP contribution in [0.5, 0.6) is 5.88 Å². The quantitative estimate of drug-likeness (QED) is 0.704. The average Bonchev–Trinajstić information content (AvgIpc) is 2.95. The van der Waals surface area contributed by atoms with Crippen LogP contribution in [0, 0.1) is 18.3 Å². The van der Waals surface area contributed by atoms with E-state index in [-0.39, 0.29) is 5.88 Å². The molecule has 0 aliphatic heterocycles. The van der Waals surface area contributed by atoms with Gasteiger partial charge in [-0.2, -0.15) is 15.0 Å². The molecule has 0 aliphatic carbocycles. The molecule has 8 heteroatoms. The molecule has 1 aromatic carbocycles. The second-order valence-corrected chi connectivity index (χ2v) is 6.69. The van der Waals surface area contributed by atoms with Gasteiger partial charge in [-0.1, -0.05) is 12.1 Å². The molecule has 3 rings (SSSR count). The zero-order valence-corrected chi connectivity index (χ0v) is 14.5. The smallest absolute Gasteiger partial charge is 0.223 e. The first-order chi connectivity index (χ1) is 12.0. The first kappa shape index (κ1) is 16.7. The molecule has 0 saturated carbocycles. The highest BCUT2D eigenvalue weighted by molar-refractivity contribution is 7.75. The van der Waals surface area contributed by atoms with Gasteiger partial charge in [-0.15, -0.1) is 0 Å². The predicted octanol–water partition coefficient (Wildman–Crippen LogP) is 2.47. The molecule has 2 aromatic heterocycles. The number of aryl methyl sites for hydroxylation is 1. The molecule has 0 fully saturated rings. The van der Waals surface area contributed by atoms with E-state index in [0.29, 0.717) is 27.5 Å². The Bertz CT molecular complexity index is 1040. The molecule has 0 aliphatic rings. The van der Waals surface area contributed by atoms with Crippen LogP contribution in [0.3, 0.4) is 0 Å². The van der Waals surface area contributed by atoms with E-state index >= 15 is 0 Å². The summed E-state index contributed by atoms with van der Waals surface area (Å²) < 4.78 is 16.7. The van der Waals surface area contributed by atoms with Gasteiger partial charge in [-0.05, 0) is 36.8 Å². The third-order valence-electron chi connectivity index (χ3n) is 3.69. The highest BCUT2D eigenvalue weighted by Gasteiger charge is 2.18. The number of hydrogen-bond donors (Lipinski definition) is 2. The fraction of sp³-hybridized carbons (Fsp3) is 0.118. The number of thiol groups is 1. The maximum Gasteiger partial charge on any atom is 0.223 e. The Kier molecular flexibility index (Phi) is 4.50. The van der Waals surface area contributed by atoms with Crippen LogP contribution in [0.25, 0.3) is 16.9 Å². The Hall–Kier alpha value is -3.18. The molecule has 3 aromatic rings. The topological polar surface area (TPSA) is 104 Å². The summed E-state index contributed by atoms with van der Waals surface area (Å²) in [5.41, 5.74) is 2.50. The van der Waals surface area contributed by atoms with Crippen molar-refractivity contribution in [3.8, 4) is 28.9 Å². The first-order valence-electron chi connectivity index (χ1n) is 7.37. The van der Waals surface area contributed by atoms with Crippen molar-refractivity contribution in [2.75, 3.05) is 7.05 Å². The van der Waals surface area contributed by atoms with Crippen LogP contribution in [0.2, 0.25) is 0 Å². The Morgan fingerprint density at radius 1 is 1.24 bits per heavy atom. The number of benzene rings is 1. The van der Waals surface area contributed by atoms with E-state index in [1.165, 1.54) is 17.9 Å². The molecular formula is C17H15N5O2S. The van der Waals surface area contributed by atoms with E-state index in [1.54, 1.807) is 43.3 Å². The largest absolute Gasteiger partial charge is 0.493 e. The van der Waals surface area contributed by atoms with E-state index in [2.05, 4.69) is 20.5 Å². The van der Waals surface area contributed by atoms with Gasteiger partial charge in [0.2, 0.25) is 5.88 Å². The lowest BCUT2D eigenvalue weighted by molar-refractivity contribution is 0.433. The van der Waals surface area contributed by atoms with Gasteiger partial charge in [0.25, 0.3) is 0 Å². The summed E-state index contributed by atoms with van der Waals surface area (Å²) in [5, 5.41) is 23.8. The molecule has 1 N–H and O–H groups in total. The molecule has 25 heavy (non-hydrogen) atoms. The van der Waals surface area contributed by atoms with E-state index in [1.807, 2.05) is 0 Å². The minimum Gasteiger partial charge on any atom is -0.493 e. The van der Waals surface area contributed by atoms with Crippen molar-refractivity contribution in [3.05, 3.63) is 53.9 Å². The van der Waals surface area contributed by atoms with Crippen molar-refractivity contribution < 1.29 is 9.32 Å².